The zero-order chi connectivity index (χ0) is 22.0. The van der Waals surface area contributed by atoms with Crippen molar-refractivity contribution in [2.75, 3.05) is 25.0 Å². The Kier molecular flexibility index (Phi) is 6.06. The smallest absolute Gasteiger partial charge is 0.343 e. The number of anilines is 1. The Morgan fingerprint density at radius 1 is 1.13 bits per heavy atom. The summed E-state index contributed by atoms with van der Waals surface area (Å²) < 4.78 is 5.22. The number of para-hydroxylation sites is 2. The molecule has 1 aromatic carbocycles. The average molecular weight is 425 g/mol. The van der Waals surface area contributed by atoms with Crippen LogP contribution in [0.4, 0.5) is 11.4 Å². The van der Waals surface area contributed by atoms with E-state index >= 15 is 0 Å². The van der Waals surface area contributed by atoms with E-state index in [1.807, 2.05) is 29.2 Å². The number of piperidine rings is 1. The fraction of sp³-hybridized carbons (Fsp3) is 0.478. The Morgan fingerprint density at radius 2 is 1.84 bits per heavy atom. The Morgan fingerprint density at radius 3 is 2.52 bits per heavy atom. The highest BCUT2D eigenvalue weighted by molar-refractivity contribution is 6.24. The summed E-state index contributed by atoms with van der Waals surface area (Å²) in [6, 6.07) is 7.40. The third-order valence-electron chi connectivity index (χ3n) is 5.90. The van der Waals surface area contributed by atoms with Crippen molar-refractivity contribution >= 4 is 35.0 Å². The lowest BCUT2D eigenvalue weighted by Gasteiger charge is -2.31. The number of ether oxygens (including phenoxy) is 1. The molecule has 0 atom stereocenters. The van der Waals surface area contributed by atoms with Crippen molar-refractivity contribution < 1.29 is 19.1 Å². The average Bonchev–Trinajstić information content (AvgIpc) is 3.60. The zero-order valence-electron chi connectivity index (χ0n) is 17.9. The molecule has 1 aromatic rings. The molecule has 2 fully saturated rings. The molecule has 8 heteroatoms. The number of fused-ring (bicyclic) bond motifs is 1. The van der Waals surface area contributed by atoms with E-state index in [-0.39, 0.29) is 41.7 Å². The monoisotopic (exact) mass is 424 g/mol. The second-order valence-electron chi connectivity index (χ2n) is 8.19. The molecule has 31 heavy (non-hydrogen) atoms. The summed E-state index contributed by atoms with van der Waals surface area (Å²) >= 11 is 0. The lowest BCUT2D eigenvalue weighted by Crippen LogP contribution is -2.45. The van der Waals surface area contributed by atoms with Crippen LogP contribution in [0.5, 0.6) is 0 Å². The molecule has 0 aromatic heterocycles. The summed E-state index contributed by atoms with van der Waals surface area (Å²) in [6.45, 7) is 4.89. The van der Waals surface area contributed by atoms with E-state index in [0.29, 0.717) is 37.3 Å². The number of rotatable bonds is 4. The summed E-state index contributed by atoms with van der Waals surface area (Å²) in [5.74, 6) is -0.358. The van der Waals surface area contributed by atoms with Gasteiger partial charge in [-0.1, -0.05) is 12.1 Å². The lowest BCUT2D eigenvalue weighted by molar-refractivity contribution is -0.138. The van der Waals surface area contributed by atoms with Gasteiger partial charge in [-0.05, 0) is 51.7 Å². The highest BCUT2D eigenvalue weighted by Crippen LogP contribution is 2.33. The second kappa shape index (κ2) is 8.91. The number of amidine groups is 1. The van der Waals surface area contributed by atoms with Crippen molar-refractivity contribution in [3.63, 3.8) is 0 Å². The Hall–Kier alpha value is -3.16. The van der Waals surface area contributed by atoms with Crippen LogP contribution in [0.2, 0.25) is 0 Å². The van der Waals surface area contributed by atoms with Gasteiger partial charge in [-0.15, -0.1) is 0 Å². The van der Waals surface area contributed by atoms with Crippen molar-refractivity contribution in [1.29, 1.82) is 0 Å². The number of amides is 2. The van der Waals surface area contributed by atoms with Crippen molar-refractivity contribution in [1.82, 2.24) is 10.2 Å². The molecule has 0 spiro atoms. The molecular weight excluding hydrogens is 396 g/mol. The van der Waals surface area contributed by atoms with Crippen LogP contribution in [0.1, 0.15) is 39.5 Å². The Labute approximate surface area is 181 Å². The van der Waals surface area contributed by atoms with Gasteiger partial charge in [-0.3, -0.25) is 9.59 Å². The number of allylic oxidation sites excluding steroid dienone is 1. The molecule has 0 unspecified atom stereocenters. The maximum absolute atomic E-state index is 13.1. The van der Waals surface area contributed by atoms with Gasteiger partial charge >= 0.3 is 5.97 Å². The molecular formula is C23H28N4O4. The molecule has 3 aliphatic rings. The van der Waals surface area contributed by atoms with E-state index in [9.17, 15) is 14.4 Å². The third kappa shape index (κ3) is 4.62. The van der Waals surface area contributed by atoms with Gasteiger partial charge in [0.05, 0.1) is 18.0 Å². The molecule has 0 radical (unpaired) electrons. The van der Waals surface area contributed by atoms with Crippen molar-refractivity contribution in [2.45, 2.75) is 39.5 Å². The van der Waals surface area contributed by atoms with Gasteiger partial charge in [0.1, 0.15) is 11.4 Å². The molecule has 8 nitrogen and oxygen atoms in total. The first-order valence-electron chi connectivity index (χ1n) is 10.9. The van der Waals surface area contributed by atoms with E-state index in [2.05, 4.69) is 15.6 Å². The zero-order valence-corrected chi connectivity index (χ0v) is 17.9. The van der Waals surface area contributed by atoms with E-state index in [1.54, 1.807) is 13.8 Å². The van der Waals surface area contributed by atoms with Gasteiger partial charge in [0.15, 0.2) is 0 Å². The molecule has 0 bridgehead atoms. The minimum atomic E-state index is -0.538. The number of esters is 1. The van der Waals surface area contributed by atoms with E-state index in [4.69, 9.17) is 4.74 Å². The van der Waals surface area contributed by atoms with Gasteiger partial charge in [-0.2, -0.15) is 0 Å². The normalized spacial score (nSPS) is 19.0. The molecule has 2 heterocycles. The molecule has 1 saturated carbocycles. The minimum absolute atomic E-state index is 0.189. The molecule has 4 rings (SSSR count). The summed E-state index contributed by atoms with van der Waals surface area (Å²) in [7, 11) is 0. The van der Waals surface area contributed by atoms with Gasteiger partial charge in [-0.25, -0.2) is 9.79 Å². The van der Waals surface area contributed by atoms with Crippen LogP contribution in [0, 0.1) is 11.8 Å². The van der Waals surface area contributed by atoms with Crippen molar-refractivity contribution in [3.05, 3.63) is 35.5 Å². The molecule has 1 aliphatic carbocycles. The topological polar surface area (TPSA) is 100 Å². The fourth-order valence-corrected chi connectivity index (χ4v) is 4.01. The first-order chi connectivity index (χ1) is 15.0. The van der Waals surface area contributed by atoms with Crippen LogP contribution in [0.15, 0.2) is 40.5 Å². The van der Waals surface area contributed by atoms with Crippen LogP contribution >= 0.6 is 0 Å². The number of aliphatic imine (C=N–C) groups is 1. The molecule has 164 valence electrons. The summed E-state index contributed by atoms with van der Waals surface area (Å²) in [4.78, 5) is 44.5. The molecule has 2 N–H and O–H groups in total. The lowest BCUT2D eigenvalue weighted by atomic mass is 9.95. The van der Waals surface area contributed by atoms with Gasteiger partial charge in [0, 0.05) is 30.6 Å². The summed E-state index contributed by atoms with van der Waals surface area (Å²) in [5, 5.41) is 6.08. The van der Waals surface area contributed by atoms with Crippen LogP contribution in [0.3, 0.4) is 0 Å². The molecule has 2 aliphatic heterocycles. The largest absolute Gasteiger partial charge is 0.462 e. The summed E-state index contributed by atoms with van der Waals surface area (Å²) in [6.07, 6.45) is 3.17. The number of benzene rings is 1. The first-order valence-corrected chi connectivity index (χ1v) is 10.9. The van der Waals surface area contributed by atoms with Crippen LogP contribution in [-0.4, -0.2) is 48.2 Å². The number of carbonyl (C=O) groups excluding carboxylic acids is 3. The van der Waals surface area contributed by atoms with Gasteiger partial charge in [0.25, 0.3) is 0 Å². The SMILES string of the molecule is CCOC(=O)C1=C(C)Nc2ccccc2N=C1NC(=O)C1CCN(C(=O)C2CC2)CC1. The van der Waals surface area contributed by atoms with E-state index in [0.717, 1.165) is 18.5 Å². The third-order valence-corrected chi connectivity index (χ3v) is 5.90. The fourth-order valence-electron chi connectivity index (χ4n) is 4.01. The quantitative estimate of drug-likeness (QED) is 0.724. The maximum Gasteiger partial charge on any atom is 0.343 e. The van der Waals surface area contributed by atoms with Crippen LogP contribution in [-0.2, 0) is 19.1 Å². The van der Waals surface area contributed by atoms with Crippen LogP contribution < -0.4 is 10.6 Å². The van der Waals surface area contributed by atoms with Crippen LogP contribution in [0.25, 0.3) is 0 Å². The Balaban J connectivity index is 1.52. The molecule has 2 amide bonds. The maximum atomic E-state index is 13.1. The Bertz CT molecular complexity index is 956. The highest BCUT2D eigenvalue weighted by Gasteiger charge is 2.36. The predicted molar refractivity (Wildman–Crippen MR) is 117 cm³/mol. The van der Waals surface area contributed by atoms with Crippen molar-refractivity contribution in [2.24, 2.45) is 16.8 Å². The summed E-state index contributed by atoms with van der Waals surface area (Å²) in [5.41, 5.74) is 2.15. The van der Waals surface area contributed by atoms with Gasteiger partial charge in [0.2, 0.25) is 11.8 Å². The minimum Gasteiger partial charge on any atom is -0.462 e. The number of nitrogens with zero attached hydrogens (tertiary/aromatic N) is 2. The van der Waals surface area contributed by atoms with Gasteiger partial charge < -0.3 is 20.3 Å². The molecule has 1 saturated heterocycles. The number of nitrogens with one attached hydrogen (secondary N) is 2. The number of likely N-dealkylation sites (tertiary alicyclic amines) is 1. The second-order valence-corrected chi connectivity index (χ2v) is 8.19. The number of hydrogen-bond donors (Lipinski definition) is 2. The first kappa shape index (κ1) is 21.1. The highest BCUT2D eigenvalue weighted by atomic mass is 16.5. The van der Waals surface area contributed by atoms with E-state index in [1.165, 1.54) is 0 Å². The van der Waals surface area contributed by atoms with E-state index < -0.39 is 5.97 Å². The predicted octanol–water partition coefficient (Wildman–Crippen LogP) is 2.74. The number of hydrogen-bond acceptors (Lipinski definition) is 6. The number of carbonyl (C=O) groups is 3. The van der Waals surface area contributed by atoms with Crippen molar-refractivity contribution in [3.8, 4) is 0 Å². The standard InChI is InChI=1S/C23H28N4O4/c1-3-31-23(30)19-14(2)24-17-6-4-5-7-18(17)25-20(19)26-21(28)15-10-12-27(13-11-15)22(29)16-8-9-16/h4-7,15-16,24H,3,8-13H2,1-2H3,(H,25,26,28).